The van der Waals surface area contributed by atoms with Gasteiger partial charge < -0.3 is 20.0 Å². The summed E-state index contributed by atoms with van der Waals surface area (Å²) >= 11 is 15.8. The van der Waals surface area contributed by atoms with Crippen LogP contribution in [0.4, 0.5) is 11.6 Å². The maximum Gasteiger partial charge on any atom is 0.225 e. The number of hydrogen-bond acceptors (Lipinski definition) is 10. The molecule has 0 aliphatic carbocycles. The SMILES string of the molecule is Cc1sc2nc(Cl)nc(N3CCC(C(O)C(O)C4CCN(c5nc(Cl)nc6scc(C(C)C)c56)CC4)CC3)c2c1C. The Balaban J connectivity index is 1.10. The first-order valence-electron chi connectivity index (χ1n) is 14.4. The van der Waals surface area contributed by atoms with Crippen molar-refractivity contribution in [2.75, 3.05) is 36.0 Å². The monoisotopic (exact) mass is 634 g/mol. The molecule has 0 aromatic carbocycles. The Kier molecular flexibility index (Phi) is 8.35. The average molecular weight is 636 g/mol. The van der Waals surface area contributed by atoms with E-state index >= 15 is 0 Å². The summed E-state index contributed by atoms with van der Waals surface area (Å²) in [6.45, 7) is 11.6. The quantitative estimate of drug-likeness (QED) is 0.229. The van der Waals surface area contributed by atoms with Gasteiger partial charge >= 0.3 is 0 Å². The minimum Gasteiger partial charge on any atom is -0.390 e. The maximum absolute atomic E-state index is 11.3. The second-order valence-corrected chi connectivity index (χ2v) is 14.5. The smallest absolute Gasteiger partial charge is 0.225 e. The molecule has 0 radical (unpaired) electrons. The van der Waals surface area contributed by atoms with E-state index in [0.29, 0.717) is 5.92 Å². The second kappa shape index (κ2) is 11.7. The number of thiophene rings is 2. The molecule has 2 atom stereocenters. The highest BCUT2D eigenvalue weighted by Crippen LogP contribution is 2.40. The Labute approximate surface area is 258 Å². The molecule has 220 valence electrons. The van der Waals surface area contributed by atoms with Gasteiger partial charge in [0.25, 0.3) is 0 Å². The lowest BCUT2D eigenvalue weighted by molar-refractivity contribution is -0.0573. The van der Waals surface area contributed by atoms with Crippen LogP contribution in [-0.4, -0.2) is 68.5 Å². The van der Waals surface area contributed by atoms with Crippen LogP contribution in [-0.2, 0) is 0 Å². The maximum atomic E-state index is 11.3. The van der Waals surface area contributed by atoms with E-state index in [2.05, 4.69) is 62.8 Å². The summed E-state index contributed by atoms with van der Waals surface area (Å²) < 4.78 is 0. The highest BCUT2D eigenvalue weighted by molar-refractivity contribution is 7.19. The van der Waals surface area contributed by atoms with Crippen LogP contribution in [0.15, 0.2) is 5.38 Å². The van der Waals surface area contributed by atoms with Gasteiger partial charge in [0.1, 0.15) is 21.3 Å². The summed E-state index contributed by atoms with van der Waals surface area (Å²) in [4.78, 5) is 25.7. The number of piperidine rings is 2. The summed E-state index contributed by atoms with van der Waals surface area (Å²) in [7, 11) is 0. The van der Waals surface area contributed by atoms with Crippen LogP contribution in [0.5, 0.6) is 0 Å². The van der Waals surface area contributed by atoms with E-state index in [-0.39, 0.29) is 22.4 Å². The highest BCUT2D eigenvalue weighted by atomic mass is 35.5. The van der Waals surface area contributed by atoms with Crippen molar-refractivity contribution in [1.29, 1.82) is 0 Å². The molecule has 4 aromatic rings. The van der Waals surface area contributed by atoms with Crippen molar-refractivity contribution in [3.05, 3.63) is 32.0 Å². The fourth-order valence-corrected chi connectivity index (χ4v) is 9.02. The van der Waals surface area contributed by atoms with Crippen molar-refractivity contribution >= 4 is 77.9 Å². The number of anilines is 2. The van der Waals surface area contributed by atoms with E-state index in [9.17, 15) is 10.2 Å². The molecule has 0 saturated carbocycles. The molecule has 0 spiro atoms. The lowest BCUT2D eigenvalue weighted by atomic mass is 9.81. The molecule has 6 heterocycles. The summed E-state index contributed by atoms with van der Waals surface area (Å²) in [5.74, 6) is 2.21. The predicted octanol–water partition coefficient (Wildman–Crippen LogP) is 6.60. The van der Waals surface area contributed by atoms with E-state index in [1.165, 1.54) is 16.0 Å². The number of aliphatic hydroxyl groups excluding tert-OH is 2. The van der Waals surface area contributed by atoms with Gasteiger partial charge in [-0.1, -0.05) is 13.8 Å². The second-order valence-electron chi connectivity index (χ2n) is 11.8. The average Bonchev–Trinajstić information content (AvgIpc) is 3.51. The first-order chi connectivity index (χ1) is 19.6. The zero-order chi connectivity index (χ0) is 29.0. The lowest BCUT2D eigenvalue weighted by Crippen LogP contribution is -2.47. The largest absolute Gasteiger partial charge is 0.390 e. The van der Waals surface area contributed by atoms with Gasteiger partial charge in [0, 0.05) is 31.1 Å². The van der Waals surface area contributed by atoms with Crippen LogP contribution in [0.3, 0.4) is 0 Å². The standard InChI is InChI=1S/C29H36Cl2N6O2S2/c1-14(2)19-13-40-26-21(19)25(33-28(30)34-26)37-11-7-18(8-12-37)23(39)22(38)17-5-9-36(10-6-17)24-20-15(3)16(4)41-27(20)35-29(31)32-24/h13-14,17-18,22-23,38-39H,5-12H2,1-4H3. The highest BCUT2D eigenvalue weighted by Gasteiger charge is 2.37. The molecule has 41 heavy (non-hydrogen) atoms. The molecular weight excluding hydrogens is 599 g/mol. The molecule has 6 rings (SSSR count). The summed E-state index contributed by atoms with van der Waals surface area (Å²) in [6, 6.07) is 0. The molecular formula is C29H36Cl2N6O2S2. The molecule has 2 aliphatic rings. The van der Waals surface area contributed by atoms with Crippen molar-refractivity contribution in [2.24, 2.45) is 11.8 Å². The van der Waals surface area contributed by atoms with Crippen LogP contribution in [0.1, 0.15) is 61.5 Å². The Hall–Kier alpha value is -1.82. The van der Waals surface area contributed by atoms with Gasteiger partial charge in [0.2, 0.25) is 10.6 Å². The topological polar surface area (TPSA) is 98.5 Å². The molecule has 8 nitrogen and oxygen atoms in total. The Morgan fingerprint density at radius 3 is 1.78 bits per heavy atom. The van der Waals surface area contributed by atoms with E-state index in [1.54, 1.807) is 22.7 Å². The van der Waals surface area contributed by atoms with Crippen LogP contribution in [0, 0.1) is 25.7 Å². The van der Waals surface area contributed by atoms with Crippen LogP contribution in [0.25, 0.3) is 20.4 Å². The number of aliphatic hydroxyl groups is 2. The first-order valence-corrected chi connectivity index (χ1v) is 16.8. The third kappa shape index (κ3) is 5.52. The molecule has 2 saturated heterocycles. The number of halogens is 2. The van der Waals surface area contributed by atoms with Gasteiger partial charge in [0.05, 0.1) is 23.0 Å². The fourth-order valence-electron chi connectivity index (χ4n) is 6.47. The normalized spacial score (nSPS) is 19.1. The summed E-state index contributed by atoms with van der Waals surface area (Å²) in [6.07, 6.45) is 1.64. The van der Waals surface area contributed by atoms with Crippen molar-refractivity contribution in [3.8, 4) is 0 Å². The Morgan fingerprint density at radius 1 is 0.780 bits per heavy atom. The minimum absolute atomic E-state index is 0.0378. The fraction of sp³-hybridized carbons (Fsp3) is 0.586. The molecule has 12 heteroatoms. The van der Waals surface area contributed by atoms with Crippen LogP contribution < -0.4 is 9.80 Å². The predicted molar refractivity (Wildman–Crippen MR) is 170 cm³/mol. The third-order valence-electron chi connectivity index (χ3n) is 9.01. The molecule has 2 fully saturated rings. The Morgan fingerprint density at radius 2 is 1.27 bits per heavy atom. The molecule has 4 aromatic heterocycles. The minimum atomic E-state index is -0.753. The zero-order valence-electron chi connectivity index (χ0n) is 23.8. The van der Waals surface area contributed by atoms with Gasteiger partial charge in [-0.3, -0.25) is 0 Å². The molecule has 2 unspecified atom stereocenters. The van der Waals surface area contributed by atoms with Gasteiger partial charge in [0.15, 0.2) is 0 Å². The van der Waals surface area contributed by atoms with Gasteiger partial charge in [-0.25, -0.2) is 9.97 Å². The van der Waals surface area contributed by atoms with Crippen molar-refractivity contribution in [2.45, 2.75) is 71.5 Å². The van der Waals surface area contributed by atoms with E-state index in [4.69, 9.17) is 23.2 Å². The number of hydrogen-bond donors (Lipinski definition) is 2. The van der Waals surface area contributed by atoms with E-state index in [1.807, 2.05) is 0 Å². The number of aromatic nitrogens is 4. The number of nitrogens with zero attached hydrogens (tertiary/aromatic N) is 6. The van der Waals surface area contributed by atoms with Crippen molar-refractivity contribution in [1.82, 2.24) is 19.9 Å². The van der Waals surface area contributed by atoms with Crippen molar-refractivity contribution < 1.29 is 10.2 Å². The first kappa shape index (κ1) is 29.3. The molecule has 2 N–H and O–H groups in total. The summed E-state index contributed by atoms with van der Waals surface area (Å²) in [5, 5.41) is 27.4. The zero-order valence-corrected chi connectivity index (χ0v) is 26.9. The summed E-state index contributed by atoms with van der Waals surface area (Å²) in [5.41, 5.74) is 2.44. The van der Waals surface area contributed by atoms with Crippen LogP contribution in [0.2, 0.25) is 10.6 Å². The molecule has 0 amide bonds. The van der Waals surface area contributed by atoms with Gasteiger partial charge in [-0.15, -0.1) is 22.7 Å². The third-order valence-corrected chi connectivity index (χ3v) is 11.3. The van der Waals surface area contributed by atoms with E-state index in [0.717, 1.165) is 83.9 Å². The van der Waals surface area contributed by atoms with Crippen molar-refractivity contribution in [3.63, 3.8) is 0 Å². The number of rotatable bonds is 6. The van der Waals surface area contributed by atoms with Crippen LogP contribution >= 0.6 is 45.9 Å². The lowest BCUT2D eigenvalue weighted by Gasteiger charge is -2.40. The van der Waals surface area contributed by atoms with Gasteiger partial charge in [-0.05, 0) is 97.0 Å². The number of fused-ring (bicyclic) bond motifs is 2. The van der Waals surface area contributed by atoms with Gasteiger partial charge in [-0.2, -0.15) is 9.97 Å². The molecule has 2 aliphatic heterocycles. The number of aryl methyl sites for hydroxylation is 2. The Bertz CT molecular complexity index is 1560. The van der Waals surface area contributed by atoms with E-state index < -0.39 is 12.2 Å². The molecule has 0 bridgehead atoms.